The molecule has 20 aromatic heterocycles. The fraction of sp³-hybridized carbons (Fsp3) is 0.0729. The van der Waals surface area contributed by atoms with E-state index in [0.29, 0.717) is 46.8 Å². The molecule has 622 valence electrons. The second-order valence-corrected chi connectivity index (χ2v) is 30.8. The number of aromatic amines is 8. The number of aromatic nitrogens is 24. The number of pyridine rings is 8. The first-order valence-corrected chi connectivity index (χ1v) is 40.9. The minimum absolute atomic E-state index is 0.0225. The number of fused-ring (bicyclic) bond motifs is 8. The minimum Gasteiger partial charge on any atom is -0.472 e. The highest BCUT2D eigenvalue weighted by Crippen LogP contribution is 2.40. The number of nitrogens with two attached hydrogens (primary N) is 1. The maximum absolute atomic E-state index is 12.2. The van der Waals surface area contributed by atoms with Crippen LogP contribution < -0.4 is 16.4 Å². The summed E-state index contributed by atoms with van der Waals surface area (Å²) < 4.78 is 20.9. The number of hydrogen-bond acceptors (Lipinski definition) is 23. The zero-order chi connectivity index (χ0) is 86.1. The Bertz CT molecular complexity index is 8120. The van der Waals surface area contributed by atoms with Crippen molar-refractivity contribution >= 4 is 105 Å². The first-order chi connectivity index (χ1) is 63.0. The molecule has 0 aliphatic rings. The van der Waals surface area contributed by atoms with E-state index in [0.717, 1.165) is 212 Å². The van der Waals surface area contributed by atoms with Crippen LogP contribution in [0.1, 0.15) is 32.8 Å². The second-order valence-electron chi connectivity index (χ2n) is 30.8. The zero-order valence-corrected chi connectivity index (χ0v) is 68.5. The van der Waals surface area contributed by atoms with Gasteiger partial charge in [-0.15, -0.1) is 0 Å². The zero-order valence-electron chi connectivity index (χ0n) is 68.5. The van der Waals surface area contributed by atoms with E-state index >= 15 is 0 Å². The van der Waals surface area contributed by atoms with Crippen molar-refractivity contribution in [2.45, 2.75) is 33.7 Å². The maximum atomic E-state index is 12.2. The molecule has 24 aromatic rings. The molecule has 0 aliphatic carbocycles. The molecule has 0 aliphatic heterocycles. The van der Waals surface area contributed by atoms with Gasteiger partial charge in [0.15, 0.2) is 23.3 Å². The van der Waals surface area contributed by atoms with Gasteiger partial charge < -0.3 is 54.0 Å². The molecule has 0 fully saturated rings. The Hall–Kier alpha value is -17.8. The normalized spacial score (nSPS) is 11.5. The number of nitrogen functional groups attached to an aromatic ring is 1. The number of rotatable bonds is 18. The van der Waals surface area contributed by atoms with E-state index in [4.69, 9.17) is 43.3 Å². The van der Waals surface area contributed by atoms with Gasteiger partial charge in [0.1, 0.15) is 44.8 Å². The van der Waals surface area contributed by atoms with Crippen LogP contribution in [0.15, 0.2) is 294 Å². The van der Waals surface area contributed by atoms with Crippen molar-refractivity contribution in [1.29, 1.82) is 0 Å². The average molecular weight is 1680 g/mol. The topological polar surface area (TPSA) is 452 Å². The van der Waals surface area contributed by atoms with Crippen molar-refractivity contribution < 1.29 is 22.5 Å². The highest BCUT2D eigenvalue weighted by Gasteiger charge is 2.24. The van der Waals surface area contributed by atoms with Crippen molar-refractivity contribution in [3.63, 3.8) is 0 Å². The first-order valence-electron chi connectivity index (χ1n) is 40.9. The third-order valence-corrected chi connectivity index (χ3v) is 21.8. The standard InChI is InChI=1S/C27H23N7O2.C25H21N7O.C22H15N7O.C22H14N6O/c1-15(2)7-24(35)30-19-8-18(10-28-11-19)16-3-4-22-20(9-16)26(34-33-22)27-31-23-13-29-12-21(25(23)32-27)17-5-6-36-14-17;1-2-26-9-15-7-18(11-27-10-15)16-3-4-21-19(8-16)24(32-31-21)25-29-22-13-28-12-20(23(22)30-25)17-5-6-33-14-17;23-15-5-14(7-24-8-15)12-1-2-18-16(6-12)21(29-28-18)22-26-19-10-25-9-17(20(19)27-22)13-3-4-30-11-13;1-2-14(9-23-6-1)13-3-4-18-16(8-13)21(28-27-18)22-25-19-11-24-10-17(20(19)26-22)15-5-7-29-12-15/h3-6,8-15H,7H2,1-2H3,(H,30,35)(H,31,32)(H,33,34);3-8,10-14,26H,2,9H2,1H3,(H,29,30)(H,31,32);1-11H,23H2,(H,26,27)(H,28,29);1-12H,(H,25,26)(H,27,28). The van der Waals surface area contributed by atoms with Crippen LogP contribution in [0.2, 0.25) is 0 Å². The van der Waals surface area contributed by atoms with Crippen LogP contribution >= 0.6 is 0 Å². The Labute approximate surface area is 724 Å². The van der Waals surface area contributed by atoms with Gasteiger partial charge in [0.25, 0.3) is 0 Å². The number of furan rings is 4. The molecule has 0 spiro atoms. The van der Waals surface area contributed by atoms with Crippen molar-refractivity contribution in [2.24, 2.45) is 5.92 Å². The lowest BCUT2D eigenvalue weighted by Crippen LogP contribution is -2.13. The van der Waals surface area contributed by atoms with E-state index in [-0.39, 0.29) is 11.8 Å². The van der Waals surface area contributed by atoms with E-state index in [1.54, 1.807) is 131 Å². The van der Waals surface area contributed by atoms with E-state index in [2.05, 4.69) is 155 Å². The van der Waals surface area contributed by atoms with Gasteiger partial charge in [-0.25, -0.2) is 19.9 Å². The van der Waals surface area contributed by atoms with Gasteiger partial charge in [0, 0.05) is 169 Å². The lowest BCUT2D eigenvalue weighted by atomic mass is 10.0. The van der Waals surface area contributed by atoms with Gasteiger partial charge in [-0.2, -0.15) is 20.4 Å². The predicted molar refractivity (Wildman–Crippen MR) is 490 cm³/mol. The molecular weight excluding hydrogens is 1610 g/mol. The number of carbonyl (C=O) groups excluding carboxylic acids is 1. The third-order valence-electron chi connectivity index (χ3n) is 21.8. The molecule has 128 heavy (non-hydrogen) atoms. The molecule has 32 nitrogen and oxygen atoms in total. The van der Waals surface area contributed by atoms with Crippen molar-refractivity contribution in [2.75, 3.05) is 17.6 Å². The summed E-state index contributed by atoms with van der Waals surface area (Å²) in [5, 5.41) is 40.7. The van der Waals surface area contributed by atoms with Gasteiger partial charge in [-0.3, -0.25) is 65.1 Å². The summed E-state index contributed by atoms with van der Waals surface area (Å²) in [5.41, 5.74) is 37.0. The monoisotopic (exact) mass is 1680 g/mol. The molecule has 0 saturated heterocycles. The van der Waals surface area contributed by atoms with Gasteiger partial charge in [-0.1, -0.05) is 51.1 Å². The van der Waals surface area contributed by atoms with Crippen molar-refractivity contribution in [1.82, 2.24) is 126 Å². The fourth-order valence-electron chi connectivity index (χ4n) is 15.6. The van der Waals surface area contributed by atoms with Crippen molar-refractivity contribution in [3.05, 3.63) is 282 Å². The molecule has 1 amide bonds. The van der Waals surface area contributed by atoms with Gasteiger partial charge >= 0.3 is 0 Å². The predicted octanol–water partition coefficient (Wildman–Crippen LogP) is 20.0. The van der Waals surface area contributed by atoms with Crippen LogP contribution in [0.3, 0.4) is 0 Å². The van der Waals surface area contributed by atoms with E-state index in [1.165, 1.54) is 0 Å². The van der Waals surface area contributed by atoms with E-state index < -0.39 is 0 Å². The summed E-state index contributed by atoms with van der Waals surface area (Å²) in [6.45, 7) is 7.84. The highest BCUT2D eigenvalue weighted by molar-refractivity contribution is 6.03. The molecule has 0 radical (unpaired) electrons. The molecule has 0 atom stereocenters. The average Bonchev–Trinajstić information content (AvgIpc) is 1.63. The molecule has 0 bridgehead atoms. The summed E-state index contributed by atoms with van der Waals surface area (Å²) in [6.07, 6.45) is 42.2. The summed E-state index contributed by atoms with van der Waals surface area (Å²) in [5.74, 6) is 2.94. The smallest absolute Gasteiger partial charge is 0.224 e. The Kier molecular flexibility index (Phi) is 20.3. The van der Waals surface area contributed by atoms with E-state index in [9.17, 15) is 4.79 Å². The molecule has 4 aromatic carbocycles. The van der Waals surface area contributed by atoms with Crippen LogP contribution in [0.25, 0.3) is 223 Å². The molecule has 20 heterocycles. The fourth-order valence-corrected chi connectivity index (χ4v) is 15.6. The Morgan fingerprint density at radius 3 is 1.08 bits per heavy atom. The third kappa shape index (κ3) is 15.4. The number of anilines is 2. The molecule has 32 heteroatoms. The minimum atomic E-state index is -0.0225. The number of H-pyrrole nitrogens is 8. The molecule has 0 saturated carbocycles. The summed E-state index contributed by atoms with van der Waals surface area (Å²) in [4.78, 5) is 79.5. The number of imidazole rings is 4. The molecule has 24 rings (SSSR count). The van der Waals surface area contributed by atoms with Crippen LogP contribution in [-0.4, -0.2) is 133 Å². The van der Waals surface area contributed by atoms with Crippen LogP contribution in [0.4, 0.5) is 11.4 Å². The lowest BCUT2D eigenvalue weighted by molar-refractivity contribution is -0.116. The number of benzene rings is 4. The summed E-state index contributed by atoms with van der Waals surface area (Å²) in [6, 6.07) is 42.1. The molecule has 12 N–H and O–H groups in total. The van der Waals surface area contributed by atoms with Gasteiger partial charge in [0.2, 0.25) is 5.91 Å². The van der Waals surface area contributed by atoms with Gasteiger partial charge in [0.05, 0.1) is 137 Å². The Morgan fingerprint density at radius 1 is 0.359 bits per heavy atom. The number of hydrogen-bond donors (Lipinski definition) is 11. The number of amides is 1. The first kappa shape index (κ1) is 77.5. The van der Waals surface area contributed by atoms with Crippen LogP contribution in [0, 0.1) is 5.92 Å². The molecule has 0 unspecified atom stereocenters. The van der Waals surface area contributed by atoms with Crippen LogP contribution in [-0.2, 0) is 11.3 Å². The Balaban J connectivity index is 0.000000104. The van der Waals surface area contributed by atoms with E-state index in [1.807, 2.05) is 123 Å². The highest BCUT2D eigenvalue weighted by atomic mass is 16.3. The number of nitrogens with one attached hydrogen (secondary N) is 10. The Morgan fingerprint density at radius 2 is 0.719 bits per heavy atom. The summed E-state index contributed by atoms with van der Waals surface area (Å²) >= 11 is 0. The maximum Gasteiger partial charge on any atom is 0.224 e. The van der Waals surface area contributed by atoms with Crippen molar-refractivity contribution in [3.8, 4) is 135 Å². The SMILES string of the molecule is CC(C)CC(=O)Nc1cncc(-c2ccc3[nH]nc(-c4nc5c(-c6ccoc6)cncc5[nH]4)c3c2)c1.CCNCc1cncc(-c2ccc3[nH]nc(-c4nc5c(-c6ccoc6)cncc5[nH]4)c3c2)c1.Nc1cncc(-c2ccc3[nH]nc(-c4nc5c(-c6ccoc6)cncc5[nH]4)c3c2)c1.c1cncc(-c2ccc3[nH]nc(-c4nc5c(-c6ccoc6)cncc5[nH]4)c3c2)c1. The van der Waals surface area contributed by atoms with Gasteiger partial charge in [-0.05, 0) is 137 Å². The number of carbonyl (C=O) groups is 1. The molecular formula is C96H73N27O5. The summed E-state index contributed by atoms with van der Waals surface area (Å²) in [7, 11) is 0. The number of nitrogens with zero attached hydrogens (tertiary/aromatic N) is 16. The quantitative estimate of drug-likeness (QED) is 0.0380. The second kappa shape index (κ2) is 33.5. The lowest BCUT2D eigenvalue weighted by Gasteiger charge is -2.09. The largest absolute Gasteiger partial charge is 0.472 e. The van der Waals surface area contributed by atoms with Crippen LogP contribution in [0.5, 0.6) is 0 Å².